The second kappa shape index (κ2) is 8.36. The number of para-hydroxylation sites is 1. The Labute approximate surface area is 168 Å². The molecule has 1 saturated carbocycles. The highest BCUT2D eigenvalue weighted by molar-refractivity contribution is 5.97. The first-order valence-electron chi connectivity index (χ1n) is 10.6. The summed E-state index contributed by atoms with van der Waals surface area (Å²) >= 11 is 0. The van der Waals surface area contributed by atoms with E-state index in [9.17, 15) is 4.79 Å². The van der Waals surface area contributed by atoms with Crippen molar-refractivity contribution in [2.45, 2.75) is 37.6 Å². The van der Waals surface area contributed by atoms with Crippen molar-refractivity contribution in [1.82, 2.24) is 4.90 Å². The van der Waals surface area contributed by atoms with Crippen LogP contribution >= 0.6 is 0 Å². The minimum Gasteiger partial charge on any atom is -0.496 e. The molecule has 28 heavy (non-hydrogen) atoms. The number of methoxy groups -OCH3 is 1. The van der Waals surface area contributed by atoms with Gasteiger partial charge in [-0.15, -0.1) is 0 Å². The number of quaternary nitrogens is 1. The van der Waals surface area contributed by atoms with E-state index in [1.165, 1.54) is 37.7 Å². The van der Waals surface area contributed by atoms with Crippen LogP contribution in [0.15, 0.2) is 54.6 Å². The molecule has 1 heterocycles. The molecule has 148 valence electrons. The molecule has 1 N–H and O–H groups in total. The number of benzene rings is 2. The van der Waals surface area contributed by atoms with Crippen LogP contribution in [0.3, 0.4) is 0 Å². The molecule has 0 aromatic heterocycles. The van der Waals surface area contributed by atoms with E-state index in [0.29, 0.717) is 11.3 Å². The van der Waals surface area contributed by atoms with E-state index in [1.54, 1.807) is 12.0 Å². The van der Waals surface area contributed by atoms with Crippen molar-refractivity contribution < 1.29 is 14.4 Å². The number of amides is 1. The van der Waals surface area contributed by atoms with Gasteiger partial charge in [0.1, 0.15) is 11.3 Å². The Hall–Kier alpha value is -2.33. The largest absolute Gasteiger partial charge is 0.496 e. The van der Waals surface area contributed by atoms with E-state index >= 15 is 0 Å². The maximum atomic E-state index is 13.0. The normalized spacial score (nSPS) is 20.0. The highest BCUT2D eigenvalue weighted by atomic mass is 16.5. The van der Waals surface area contributed by atoms with Gasteiger partial charge in [-0.1, -0.05) is 48.9 Å². The van der Waals surface area contributed by atoms with Crippen LogP contribution < -0.4 is 9.64 Å². The van der Waals surface area contributed by atoms with Crippen LogP contribution in [0.4, 0.5) is 0 Å². The van der Waals surface area contributed by atoms with Crippen molar-refractivity contribution in [2.75, 3.05) is 33.3 Å². The summed E-state index contributed by atoms with van der Waals surface area (Å²) in [4.78, 5) is 16.7. The van der Waals surface area contributed by atoms with Gasteiger partial charge >= 0.3 is 0 Å². The lowest BCUT2D eigenvalue weighted by Gasteiger charge is -2.47. The third-order valence-electron chi connectivity index (χ3n) is 6.70. The van der Waals surface area contributed by atoms with Gasteiger partial charge in [0, 0.05) is 18.4 Å². The first kappa shape index (κ1) is 19.0. The maximum Gasteiger partial charge on any atom is 0.258 e. The topological polar surface area (TPSA) is 34.0 Å². The second-order valence-electron chi connectivity index (χ2n) is 8.10. The van der Waals surface area contributed by atoms with Crippen molar-refractivity contribution >= 4 is 5.91 Å². The number of carbonyl (C=O) groups is 1. The van der Waals surface area contributed by atoms with Gasteiger partial charge in [0.25, 0.3) is 5.91 Å². The Bertz CT molecular complexity index is 791. The summed E-state index contributed by atoms with van der Waals surface area (Å²) in [6.45, 7) is 3.63. The van der Waals surface area contributed by atoms with Gasteiger partial charge in [0.05, 0.1) is 38.9 Å². The monoisotopic (exact) mass is 379 g/mol. The van der Waals surface area contributed by atoms with Crippen molar-refractivity contribution in [3.63, 3.8) is 0 Å². The molecular formula is C24H31N2O2+. The van der Waals surface area contributed by atoms with Gasteiger partial charge in [-0.3, -0.25) is 4.79 Å². The molecule has 2 aromatic carbocycles. The Morgan fingerprint density at radius 3 is 2.25 bits per heavy atom. The quantitative estimate of drug-likeness (QED) is 0.886. The molecule has 1 saturated heterocycles. The molecule has 1 amide bonds. The van der Waals surface area contributed by atoms with Gasteiger partial charge < -0.3 is 14.5 Å². The van der Waals surface area contributed by atoms with Crippen LogP contribution in [0, 0.1) is 0 Å². The minimum atomic E-state index is 0.0916. The lowest BCUT2D eigenvalue weighted by atomic mass is 9.75. The predicted octanol–water partition coefficient (Wildman–Crippen LogP) is 2.90. The molecule has 4 rings (SSSR count). The number of nitrogens with one attached hydrogen (secondary N) is 1. The fourth-order valence-electron chi connectivity index (χ4n) is 5.21. The van der Waals surface area contributed by atoms with Gasteiger partial charge in [-0.2, -0.15) is 0 Å². The van der Waals surface area contributed by atoms with E-state index in [2.05, 4.69) is 30.3 Å². The average Bonchev–Trinajstić information content (AvgIpc) is 2.79. The van der Waals surface area contributed by atoms with Gasteiger partial charge in [-0.05, 0) is 25.0 Å². The van der Waals surface area contributed by atoms with Crippen LogP contribution in [0.25, 0.3) is 0 Å². The second-order valence-corrected chi connectivity index (χ2v) is 8.10. The molecule has 0 unspecified atom stereocenters. The predicted molar refractivity (Wildman–Crippen MR) is 111 cm³/mol. The van der Waals surface area contributed by atoms with Crippen molar-refractivity contribution in [1.29, 1.82) is 0 Å². The molecule has 2 aliphatic rings. The Balaban J connectivity index is 1.50. The van der Waals surface area contributed by atoms with E-state index in [-0.39, 0.29) is 11.4 Å². The Morgan fingerprint density at radius 1 is 0.929 bits per heavy atom. The van der Waals surface area contributed by atoms with Crippen molar-refractivity contribution in [2.24, 2.45) is 0 Å². The van der Waals surface area contributed by atoms with Crippen LogP contribution in [0.5, 0.6) is 5.75 Å². The number of piperazine rings is 1. The van der Waals surface area contributed by atoms with Crippen LogP contribution in [-0.2, 0) is 5.54 Å². The Kier molecular flexibility index (Phi) is 5.67. The molecule has 0 spiro atoms. The molecule has 4 heteroatoms. The zero-order chi connectivity index (χ0) is 19.4. The van der Waals surface area contributed by atoms with Gasteiger partial charge in [0.2, 0.25) is 0 Å². The van der Waals surface area contributed by atoms with E-state index in [0.717, 1.165) is 26.2 Å². The molecule has 0 bridgehead atoms. The molecule has 2 aromatic rings. The van der Waals surface area contributed by atoms with Crippen LogP contribution in [0.1, 0.15) is 48.0 Å². The summed E-state index contributed by atoms with van der Waals surface area (Å²) in [7, 11) is 1.63. The summed E-state index contributed by atoms with van der Waals surface area (Å²) in [5.41, 5.74) is 2.37. The summed E-state index contributed by atoms with van der Waals surface area (Å²) < 4.78 is 5.39. The molecule has 0 atom stereocenters. The summed E-state index contributed by atoms with van der Waals surface area (Å²) in [6.07, 6.45) is 6.48. The number of ether oxygens (including phenoxy) is 1. The SMILES string of the molecule is COc1ccccc1C(=O)N1CC[NH+](C2(c3ccccc3)CCCCC2)CC1. The van der Waals surface area contributed by atoms with Crippen LogP contribution in [-0.4, -0.2) is 44.1 Å². The first-order valence-corrected chi connectivity index (χ1v) is 10.6. The fraction of sp³-hybridized carbons (Fsp3) is 0.458. The standard InChI is InChI=1S/C24H30N2O2/c1-28-22-13-7-6-12-21(22)23(27)25-16-18-26(19-17-25)24(14-8-3-9-15-24)20-10-4-2-5-11-20/h2,4-7,10-13H,3,8-9,14-19H2,1H3/p+1. The zero-order valence-electron chi connectivity index (χ0n) is 16.8. The van der Waals surface area contributed by atoms with Crippen LogP contribution in [0.2, 0.25) is 0 Å². The highest BCUT2D eigenvalue weighted by Gasteiger charge is 2.44. The van der Waals surface area contributed by atoms with Crippen molar-refractivity contribution in [3.05, 3.63) is 65.7 Å². The van der Waals surface area contributed by atoms with E-state index < -0.39 is 0 Å². The highest BCUT2D eigenvalue weighted by Crippen LogP contribution is 2.34. The molecular weight excluding hydrogens is 348 g/mol. The van der Waals surface area contributed by atoms with Gasteiger partial charge in [0.15, 0.2) is 0 Å². The third kappa shape index (κ3) is 3.53. The fourth-order valence-corrected chi connectivity index (χ4v) is 5.21. The zero-order valence-corrected chi connectivity index (χ0v) is 16.8. The molecule has 0 radical (unpaired) electrons. The maximum absolute atomic E-state index is 13.0. The third-order valence-corrected chi connectivity index (χ3v) is 6.70. The first-order chi connectivity index (χ1) is 13.7. The molecule has 2 fully saturated rings. The van der Waals surface area contributed by atoms with E-state index in [4.69, 9.17) is 4.74 Å². The lowest BCUT2D eigenvalue weighted by Crippen LogP contribution is -3.21. The average molecular weight is 380 g/mol. The minimum absolute atomic E-state index is 0.0916. The number of carbonyl (C=O) groups excluding carboxylic acids is 1. The van der Waals surface area contributed by atoms with Crippen molar-refractivity contribution in [3.8, 4) is 5.75 Å². The summed E-state index contributed by atoms with van der Waals surface area (Å²) in [5, 5.41) is 0. The number of rotatable bonds is 4. The number of hydrogen-bond donors (Lipinski definition) is 1. The molecule has 1 aliphatic heterocycles. The van der Waals surface area contributed by atoms with Gasteiger partial charge in [-0.25, -0.2) is 0 Å². The molecule has 1 aliphatic carbocycles. The summed E-state index contributed by atoms with van der Waals surface area (Å²) in [5.74, 6) is 0.754. The van der Waals surface area contributed by atoms with E-state index in [1.807, 2.05) is 29.2 Å². The molecule has 4 nitrogen and oxygen atoms in total. The number of nitrogens with zero attached hydrogens (tertiary/aromatic N) is 1. The Morgan fingerprint density at radius 2 is 1.57 bits per heavy atom. The number of hydrogen-bond acceptors (Lipinski definition) is 2. The smallest absolute Gasteiger partial charge is 0.258 e. The summed E-state index contributed by atoms with van der Waals surface area (Å²) in [6, 6.07) is 18.6. The lowest BCUT2D eigenvalue weighted by molar-refractivity contribution is -0.966.